The van der Waals surface area contributed by atoms with Gasteiger partial charge in [-0.3, -0.25) is 4.79 Å². The molecule has 0 aliphatic carbocycles. The van der Waals surface area contributed by atoms with E-state index in [1.54, 1.807) is 18.2 Å². The van der Waals surface area contributed by atoms with Gasteiger partial charge in [-0.15, -0.1) is 0 Å². The molecule has 2 heterocycles. The zero-order valence-electron chi connectivity index (χ0n) is 16.8. The summed E-state index contributed by atoms with van der Waals surface area (Å²) >= 11 is 0. The number of nitrogens with zero attached hydrogens (tertiary/aromatic N) is 3. The van der Waals surface area contributed by atoms with E-state index in [9.17, 15) is 4.79 Å². The first kappa shape index (κ1) is 20.4. The number of carbonyl (C=O) groups excluding carboxylic acids is 1. The quantitative estimate of drug-likeness (QED) is 0.417. The fraction of sp³-hybridized carbons (Fsp3) is 0.600. The van der Waals surface area contributed by atoms with E-state index >= 15 is 0 Å². The molecule has 3 rings (SSSR count). The van der Waals surface area contributed by atoms with Crippen molar-refractivity contribution in [1.29, 1.82) is 0 Å². The van der Waals surface area contributed by atoms with Gasteiger partial charge in [-0.1, -0.05) is 0 Å². The molecule has 28 heavy (non-hydrogen) atoms. The molecule has 0 unspecified atom stereocenters. The van der Waals surface area contributed by atoms with Crippen LogP contribution in [0, 0.1) is 0 Å². The Morgan fingerprint density at radius 3 is 2.75 bits per heavy atom. The van der Waals surface area contributed by atoms with Gasteiger partial charge in [0.25, 0.3) is 11.9 Å². The summed E-state index contributed by atoms with van der Waals surface area (Å²) in [7, 11) is 4.05. The van der Waals surface area contributed by atoms with Crippen LogP contribution in [0.2, 0.25) is 0 Å². The zero-order valence-corrected chi connectivity index (χ0v) is 16.8. The van der Waals surface area contributed by atoms with Crippen LogP contribution in [0.3, 0.4) is 0 Å². The van der Waals surface area contributed by atoms with Crippen molar-refractivity contribution in [3.8, 4) is 11.5 Å². The van der Waals surface area contributed by atoms with Crippen LogP contribution >= 0.6 is 0 Å². The lowest BCUT2D eigenvalue weighted by Gasteiger charge is -2.36. The van der Waals surface area contributed by atoms with Gasteiger partial charge in [0, 0.05) is 25.3 Å². The molecular weight excluding hydrogens is 362 g/mol. The lowest BCUT2D eigenvalue weighted by atomic mass is 10.0. The van der Waals surface area contributed by atoms with Crippen LogP contribution in [0.5, 0.6) is 11.5 Å². The number of ether oxygens (including phenoxy) is 4. The van der Waals surface area contributed by atoms with Gasteiger partial charge in [0.15, 0.2) is 11.5 Å². The minimum atomic E-state index is -0.371. The minimum absolute atomic E-state index is 0.168. The van der Waals surface area contributed by atoms with E-state index in [2.05, 4.69) is 16.9 Å². The lowest BCUT2D eigenvalue weighted by Crippen LogP contribution is -2.45. The van der Waals surface area contributed by atoms with Gasteiger partial charge in [0.2, 0.25) is 6.79 Å². The third-order valence-electron chi connectivity index (χ3n) is 5.02. The van der Waals surface area contributed by atoms with Crippen molar-refractivity contribution in [2.75, 3.05) is 53.8 Å². The van der Waals surface area contributed by atoms with Crippen molar-refractivity contribution in [2.45, 2.75) is 25.8 Å². The normalized spacial score (nSPS) is 17.6. The van der Waals surface area contributed by atoms with Crippen LogP contribution in [0.25, 0.3) is 0 Å². The Morgan fingerprint density at radius 2 is 2.00 bits per heavy atom. The second kappa shape index (κ2) is 9.75. The van der Waals surface area contributed by atoms with Crippen LogP contribution in [-0.4, -0.2) is 81.6 Å². The lowest BCUT2D eigenvalue weighted by molar-refractivity contribution is 0.0872. The standard InChI is InChI=1S/C20H29N3O5/c1-4-25-11-12-26-20(23(3)16-7-9-22(2)10-8-16)21-19(24)15-5-6-17-18(13-15)28-14-27-17/h5-6,13,16H,4,7-12,14H2,1-3H3. The Bertz CT molecular complexity index is 701. The summed E-state index contributed by atoms with van der Waals surface area (Å²) in [6.45, 7) is 5.54. The second-order valence-electron chi connectivity index (χ2n) is 6.96. The van der Waals surface area contributed by atoms with E-state index in [0.29, 0.717) is 42.9 Å². The first-order valence-electron chi connectivity index (χ1n) is 9.73. The van der Waals surface area contributed by atoms with Gasteiger partial charge in [-0.25, -0.2) is 0 Å². The van der Waals surface area contributed by atoms with Crippen molar-refractivity contribution in [1.82, 2.24) is 9.80 Å². The van der Waals surface area contributed by atoms with Crippen molar-refractivity contribution in [3.63, 3.8) is 0 Å². The topological polar surface area (TPSA) is 72.8 Å². The number of piperidine rings is 1. The predicted molar refractivity (Wildman–Crippen MR) is 105 cm³/mol. The number of benzene rings is 1. The third kappa shape index (κ3) is 5.14. The Hall–Kier alpha value is -2.32. The van der Waals surface area contributed by atoms with E-state index in [1.165, 1.54) is 0 Å². The molecule has 1 amide bonds. The molecule has 1 saturated heterocycles. The summed E-state index contributed by atoms with van der Waals surface area (Å²) < 4.78 is 21.8. The molecule has 0 atom stereocenters. The maximum Gasteiger partial charge on any atom is 0.295 e. The molecule has 0 aromatic heterocycles. The summed E-state index contributed by atoms with van der Waals surface area (Å²) in [5.41, 5.74) is 0.437. The molecule has 0 bridgehead atoms. The smallest absolute Gasteiger partial charge is 0.295 e. The van der Waals surface area contributed by atoms with Crippen molar-refractivity contribution < 1.29 is 23.7 Å². The van der Waals surface area contributed by atoms with Gasteiger partial charge in [-0.2, -0.15) is 4.99 Å². The zero-order chi connectivity index (χ0) is 19.9. The van der Waals surface area contributed by atoms with E-state index in [0.717, 1.165) is 25.9 Å². The number of rotatable bonds is 6. The average Bonchev–Trinajstić information content (AvgIpc) is 3.18. The molecule has 2 aliphatic rings. The minimum Gasteiger partial charge on any atom is -0.462 e. The summed E-state index contributed by atoms with van der Waals surface area (Å²) in [6, 6.07) is 5.68. The maximum atomic E-state index is 12.8. The summed E-state index contributed by atoms with van der Waals surface area (Å²) in [6.07, 6.45) is 2.00. The number of hydrogen-bond donors (Lipinski definition) is 0. The van der Waals surface area contributed by atoms with Gasteiger partial charge in [0.05, 0.1) is 6.61 Å². The molecular formula is C20H29N3O5. The van der Waals surface area contributed by atoms with Crippen LogP contribution in [0.15, 0.2) is 23.2 Å². The Balaban J connectivity index is 1.73. The summed E-state index contributed by atoms with van der Waals surface area (Å²) in [4.78, 5) is 21.3. The average molecular weight is 391 g/mol. The SMILES string of the molecule is CCOCCOC(=NC(=O)c1ccc2c(c1)OCO2)N(C)C1CCN(C)CC1. The third-order valence-corrected chi connectivity index (χ3v) is 5.02. The molecule has 0 N–H and O–H groups in total. The Morgan fingerprint density at radius 1 is 1.25 bits per heavy atom. The highest BCUT2D eigenvalue weighted by atomic mass is 16.7. The maximum absolute atomic E-state index is 12.8. The van der Waals surface area contributed by atoms with E-state index < -0.39 is 0 Å². The van der Waals surface area contributed by atoms with Crippen LogP contribution in [0.4, 0.5) is 0 Å². The molecule has 0 spiro atoms. The molecule has 0 saturated carbocycles. The van der Waals surface area contributed by atoms with Crippen LogP contribution < -0.4 is 9.47 Å². The predicted octanol–water partition coefficient (Wildman–Crippen LogP) is 1.99. The molecule has 0 radical (unpaired) electrons. The molecule has 1 aromatic carbocycles. The number of aliphatic imine (C=N–C) groups is 1. The number of amidine groups is 1. The Kier molecular flexibility index (Phi) is 7.11. The van der Waals surface area contributed by atoms with Gasteiger partial charge >= 0.3 is 0 Å². The molecule has 8 nitrogen and oxygen atoms in total. The van der Waals surface area contributed by atoms with E-state index in [-0.39, 0.29) is 18.7 Å². The largest absolute Gasteiger partial charge is 0.462 e. The first-order chi connectivity index (χ1) is 13.6. The molecule has 154 valence electrons. The van der Waals surface area contributed by atoms with E-state index in [1.807, 2.05) is 18.9 Å². The monoisotopic (exact) mass is 391 g/mol. The fourth-order valence-corrected chi connectivity index (χ4v) is 3.27. The number of hydrogen-bond acceptors (Lipinski definition) is 6. The summed E-state index contributed by atoms with van der Waals surface area (Å²) in [5, 5.41) is 0. The molecule has 1 aromatic rings. The molecule has 8 heteroatoms. The second-order valence-corrected chi connectivity index (χ2v) is 6.96. The van der Waals surface area contributed by atoms with Gasteiger partial charge < -0.3 is 28.7 Å². The van der Waals surface area contributed by atoms with Gasteiger partial charge in [-0.05, 0) is 58.1 Å². The molecule has 1 fully saturated rings. The van der Waals surface area contributed by atoms with Crippen LogP contribution in [-0.2, 0) is 9.47 Å². The first-order valence-corrected chi connectivity index (χ1v) is 9.73. The number of amides is 1. The number of fused-ring (bicyclic) bond motifs is 1. The van der Waals surface area contributed by atoms with Crippen LogP contribution in [0.1, 0.15) is 30.1 Å². The Labute approximate surface area is 166 Å². The highest BCUT2D eigenvalue weighted by molar-refractivity contribution is 6.01. The number of likely N-dealkylation sites (tertiary alicyclic amines) is 1. The highest BCUT2D eigenvalue weighted by Crippen LogP contribution is 2.32. The van der Waals surface area contributed by atoms with E-state index in [4.69, 9.17) is 18.9 Å². The van der Waals surface area contributed by atoms with Gasteiger partial charge in [0.1, 0.15) is 6.61 Å². The highest BCUT2D eigenvalue weighted by Gasteiger charge is 2.25. The van der Waals surface area contributed by atoms with Crippen molar-refractivity contribution in [3.05, 3.63) is 23.8 Å². The fourth-order valence-electron chi connectivity index (χ4n) is 3.27. The van der Waals surface area contributed by atoms with Crippen molar-refractivity contribution in [2.24, 2.45) is 4.99 Å². The van der Waals surface area contributed by atoms with Crippen molar-refractivity contribution >= 4 is 11.9 Å². The molecule has 2 aliphatic heterocycles. The summed E-state index contributed by atoms with van der Waals surface area (Å²) in [5.74, 6) is 0.824. The number of carbonyl (C=O) groups is 1.